The zero-order valence-electron chi connectivity index (χ0n) is 20.7. The average molecular weight is 550 g/mol. The standard InChI is InChI=1S/C28H24ClN3O7/c29-21-5-2-1-4-20(21)23(33)17-39-28(37)18-7-9-19(10-8-18)32-25(34)16-22(26(32)35)30-11-13-31(14-12-30)27(36)24-6-3-15-38-24/h1-10,15,22H,11-14,16-17H2. The number of carbonyl (C=O) groups is 5. The maximum atomic E-state index is 13.2. The second-order valence-electron chi connectivity index (χ2n) is 9.12. The lowest BCUT2D eigenvalue weighted by Crippen LogP contribution is -2.53. The molecule has 2 aliphatic heterocycles. The fourth-order valence-corrected chi connectivity index (χ4v) is 4.93. The van der Waals surface area contributed by atoms with Gasteiger partial charge in [0.25, 0.3) is 11.8 Å². The van der Waals surface area contributed by atoms with Crippen LogP contribution >= 0.6 is 11.6 Å². The number of carbonyl (C=O) groups excluding carboxylic acids is 5. The van der Waals surface area contributed by atoms with Gasteiger partial charge in [0.15, 0.2) is 12.4 Å². The van der Waals surface area contributed by atoms with E-state index < -0.39 is 24.4 Å². The Hall–Kier alpha value is -4.28. The lowest BCUT2D eigenvalue weighted by molar-refractivity contribution is -0.123. The van der Waals surface area contributed by atoms with Crippen LogP contribution in [-0.4, -0.2) is 78.1 Å². The summed E-state index contributed by atoms with van der Waals surface area (Å²) in [5, 5.41) is 0.269. The Morgan fingerprint density at radius 2 is 1.64 bits per heavy atom. The van der Waals surface area contributed by atoms with Crippen molar-refractivity contribution in [1.29, 1.82) is 0 Å². The number of amides is 3. The molecule has 1 aromatic heterocycles. The first-order chi connectivity index (χ1) is 18.8. The van der Waals surface area contributed by atoms with Gasteiger partial charge in [0, 0.05) is 31.7 Å². The van der Waals surface area contributed by atoms with Crippen molar-refractivity contribution in [1.82, 2.24) is 9.80 Å². The third-order valence-corrected chi connectivity index (χ3v) is 7.10. The van der Waals surface area contributed by atoms with Gasteiger partial charge in [-0.05, 0) is 48.5 Å². The van der Waals surface area contributed by atoms with Crippen molar-refractivity contribution in [2.45, 2.75) is 12.5 Å². The van der Waals surface area contributed by atoms with Gasteiger partial charge in [0.05, 0.1) is 35.0 Å². The number of ether oxygens (including phenoxy) is 1. The average Bonchev–Trinajstić information content (AvgIpc) is 3.60. The summed E-state index contributed by atoms with van der Waals surface area (Å²) in [6.07, 6.45) is 1.47. The van der Waals surface area contributed by atoms with E-state index in [1.54, 1.807) is 41.3 Å². The molecule has 2 saturated heterocycles. The Balaban J connectivity index is 1.17. The van der Waals surface area contributed by atoms with Gasteiger partial charge >= 0.3 is 5.97 Å². The molecular formula is C28H24ClN3O7. The lowest BCUT2D eigenvalue weighted by Gasteiger charge is -2.36. The zero-order chi connectivity index (χ0) is 27.5. The number of furan rings is 1. The topological polar surface area (TPSA) is 117 Å². The summed E-state index contributed by atoms with van der Waals surface area (Å²) >= 11 is 6.01. The molecule has 0 radical (unpaired) electrons. The fraction of sp³-hybridized carbons (Fsp3) is 0.250. The number of imide groups is 1. The van der Waals surface area contributed by atoms with Crippen LogP contribution in [0.5, 0.6) is 0 Å². The molecule has 3 aromatic rings. The summed E-state index contributed by atoms with van der Waals surface area (Å²) < 4.78 is 10.3. The smallest absolute Gasteiger partial charge is 0.338 e. The number of anilines is 1. The molecular weight excluding hydrogens is 526 g/mol. The van der Waals surface area contributed by atoms with E-state index in [9.17, 15) is 24.0 Å². The quantitative estimate of drug-likeness (QED) is 0.251. The van der Waals surface area contributed by atoms with E-state index in [0.717, 1.165) is 4.90 Å². The maximum Gasteiger partial charge on any atom is 0.338 e. The molecule has 0 spiro atoms. The van der Waals surface area contributed by atoms with E-state index in [2.05, 4.69) is 0 Å². The van der Waals surface area contributed by atoms with Gasteiger partial charge in [-0.2, -0.15) is 0 Å². The molecule has 0 N–H and O–H groups in total. The summed E-state index contributed by atoms with van der Waals surface area (Å²) in [6.45, 7) is 1.24. The Morgan fingerprint density at radius 3 is 2.31 bits per heavy atom. The van der Waals surface area contributed by atoms with Gasteiger partial charge in [-0.15, -0.1) is 0 Å². The van der Waals surface area contributed by atoms with Gasteiger partial charge in [-0.1, -0.05) is 23.7 Å². The maximum absolute atomic E-state index is 13.2. The summed E-state index contributed by atoms with van der Waals surface area (Å²) in [4.78, 5) is 67.9. The third-order valence-electron chi connectivity index (χ3n) is 6.77. The van der Waals surface area contributed by atoms with E-state index >= 15 is 0 Å². The molecule has 3 amide bonds. The molecule has 1 unspecified atom stereocenters. The highest BCUT2D eigenvalue weighted by atomic mass is 35.5. The van der Waals surface area contributed by atoms with Crippen LogP contribution < -0.4 is 4.90 Å². The van der Waals surface area contributed by atoms with Crippen LogP contribution in [0.2, 0.25) is 5.02 Å². The van der Waals surface area contributed by atoms with Crippen LogP contribution in [0.3, 0.4) is 0 Å². The van der Waals surface area contributed by atoms with Crippen LogP contribution in [0.25, 0.3) is 0 Å². The summed E-state index contributed by atoms with van der Waals surface area (Å²) in [6, 6.07) is 15.0. The van der Waals surface area contributed by atoms with E-state index in [0.29, 0.717) is 31.9 Å². The van der Waals surface area contributed by atoms with Gasteiger partial charge in [-0.3, -0.25) is 24.1 Å². The molecule has 2 fully saturated rings. The van der Waals surface area contributed by atoms with Gasteiger partial charge in [0.1, 0.15) is 0 Å². The Morgan fingerprint density at radius 1 is 0.923 bits per heavy atom. The Kier molecular flexibility index (Phi) is 7.58. The predicted octanol–water partition coefficient (Wildman–Crippen LogP) is 3.06. The monoisotopic (exact) mass is 549 g/mol. The minimum absolute atomic E-state index is 0.0267. The predicted molar refractivity (Wildman–Crippen MR) is 140 cm³/mol. The van der Waals surface area contributed by atoms with Crippen LogP contribution in [0, 0.1) is 0 Å². The SMILES string of the molecule is O=C(OCC(=O)c1ccccc1Cl)c1ccc(N2C(=O)CC(N3CCN(C(=O)c4ccco4)CC3)C2=O)cc1. The van der Waals surface area contributed by atoms with Crippen LogP contribution in [-0.2, 0) is 14.3 Å². The number of hydrogen-bond acceptors (Lipinski definition) is 8. The molecule has 0 aliphatic carbocycles. The first-order valence-electron chi connectivity index (χ1n) is 12.3. The Labute approximate surface area is 228 Å². The summed E-state index contributed by atoms with van der Waals surface area (Å²) in [5.41, 5.74) is 0.759. The zero-order valence-corrected chi connectivity index (χ0v) is 21.5. The number of hydrogen-bond donors (Lipinski definition) is 0. The second-order valence-corrected chi connectivity index (χ2v) is 9.53. The molecule has 1 atom stereocenters. The molecule has 0 saturated carbocycles. The number of Topliss-reactive ketones (excluding diaryl/α,β-unsaturated/α-hetero) is 1. The molecule has 0 bridgehead atoms. The molecule has 2 aliphatic rings. The van der Waals surface area contributed by atoms with Crippen LogP contribution in [0.4, 0.5) is 5.69 Å². The molecule has 11 heteroatoms. The third kappa shape index (κ3) is 5.47. The summed E-state index contributed by atoms with van der Waals surface area (Å²) in [5.74, 6) is -1.80. The fourth-order valence-electron chi connectivity index (χ4n) is 4.69. The minimum Gasteiger partial charge on any atom is -0.459 e. The van der Waals surface area contributed by atoms with Crippen LogP contribution in [0.15, 0.2) is 71.3 Å². The van der Waals surface area contributed by atoms with Crippen molar-refractivity contribution < 1.29 is 33.1 Å². The molecule has 10 nitrogen and oxygen atoms in total. The van der Waals surface area contributed by atoms with E-state index in [1.807, 2.05) is 4.90 Å². The lowest BCUT2D eigenvalue weighted by atomic mass is 10.1. The van der Waals surface area contributed by atoms with Gasteiger partial charge in [-0.25, -0.2) is 9.69 Å². The number of piperazine rings is 1. The highest BCUT2D eigenvalue weighted by molar-refractivity contribution is 6.34. The molecule has 3 heterocycles. The number of rotatable bonds is 7. The van der Waals surface area contributed by atoms with E-state index in [4.69, 9.17) is 20.8 Å². The van der Waals surface area contributed by atoms with Crippen molar-refractivity contribution in [3.8, 4) is 0 Å². The first-order valence-corrected chi connectivity index (χ1v) is 12.7. The molecule has 200 valence electrons. The van der Waals surface area contributed by atoms with Crippen molar-refractivity contribution in [2.24, 2.45) is 0 Å². The number of halogens is 1. The van der Waals surface area contributed by atoms with Crippen molar-refractivity contribution in [3.05, 3.63) is 88.8 Å². The van der Waals surface area contributed by atoms with E-state index in [1.165, 1.54) is 30.5 Å². The number of nitrogens with zero attached hydrogens (tertiary/aromatic N) is 3. The molecule has 2 aromatic carbocycles. The number of benzene rings is 2. The molecule has 5 rings (SSSR count). The van der Waals surface area contributed by atoms with Gasteiger partial charge in [0.2, 0.25) is 11.7 Å². The summed E-state index contributed by atoms with van der Waals surface area (Å²) in [7, 11) is 0. The highest BCUT2D eigenvalue weighted by Gasteiger charge is 2.43. The van der Waals surface area contributed by atoms with Gasteiger partial charge < -0.3 is 14.1 Å². The first kappa shape index (κ1) is 26.3. The van der Waals surface area contributed by atoms with Crippen molar-refractivity contribution in [3.63, 3.8) is 0 Å². The second kappa shape index (κ2) is 11.2. The number of esters is 1. The number of ketones is 1. The van der Waals surface area contributed by atoms with Crippen LogP contribution in [0.1, 0.15) is 37.7 Å². The largest absolute Gasteiger partial charge is 0.459 e. The highest BCUT2D eigenvalue weighted by Crippen LogP contribution is 2.27. The Bertz CT molecular complexity index is 1410. The van der Waals surface area contributed by atoms with Crippen molar-refractivity contribution >= 4 is 46.8 Å². The van der Waals surface area contributed by atoms with E-state index in [-0.39, 0.29) is 46.1 Å². The molecule has 39 heavy (non-hydrogen) atoms. The van der Waals surface area contributed by atoms with Crippen molar-refractivity contribution in [2.75, 3.05) is 37.7 Å². The minimum atomic E-state index is -0.721. The normalized spacial score (nSPS) is 17.9.